The van der Waals surface area contributed by atoms with Crippen molar-refractivity contribution in [3.05, 3.63) is 34.3 Å². The van der Waals surface area contributed by atoms with Gasteiger partial charge in [0.15, 0.2) is 0 Å². The van der Waals surface area contributed by atoms with Crippen LogP contribution in [-0.2, 0) is 4.79 Å². The molecule has 1 aromatic rings. The van der Waals surface area contributed by atoms with Crippen molar-refractivity contribution in [2.75, 3.05) is 13.1 Å². The lowest BCUT2D eigenvalue weighted by molar-refractivity contribution is -0.123. The van der Waals surface area contributed by atoms with Crippen LogP contribution in [0.1, 0.15) is 30.7 Å². The van der Waals surface area contributed by atoms with Gasteiger partial charge >= 0.3 is 0 Å². The zero-order valence-corrected chi connectivity index (χ0v) is 12.4. The molecule has 1 heterocycles. The maximum atomic E-state index is 12.2. The van der Waals surface area contributed by atoms with Crippen molar-refractivity contribution in [3.8, 4) is 0 Å². The molecule has 1 saturated heterocycles. The van der Waals surface area contributed by atoms with E-state index in [2.05, 4.69) is 38.7 Å². The molecule has 0 bridgehead atoms. The summed E-state index contributed by atoms with van der Waals surface area (Å²) < 4.78 is 1.09. The molecule has 3 nitrogen and oxygen atoms in total. The van der Waals surface area contributed by atoms with Gasteiger partial charge in [-0.05, 0) is 49.4 Å². The molecule has 4 heteroatoms. The molecule has 2 N–H and O–H groups in total. The fraction of sp³-hybridized carbons (Fsp3) is 0.533. The second-order valence-electron chi connectivity index (χ2n) is 5.56. The molecule has 2 aliphatic rings. The maximum Gasteiger partial charge on any atom is 0.224 e. The Kier molecular flexibility index (Phi) is 3.89. The van der Waals surface area contributed by atoms with Crippen molar-refractivity contribution < 1.29 is 4.79 Å². The van der Waals surface area contributed by atoms with Crippen LogP contribution in [0, 0.1) is 5.92 Å². The fourth-order valence-corrected chi connectivity index (χ4v) is 3.29. The van der Waals surface area contributed by atoms with Gasteiger partial charge in [-0.25, -0.2) is 0 Å². The second kappa shape index (κ2) is 5.63. The van der Waals surface area contributed by atoms with E-state index in [0.29, 0.717) is 12.0 Å². The zero-order valence-electron chi connectivity index (χ0n) is 10.9. The highest BCUT2D eigenvalue weighted by Gasteiger charge is 2.44. The Labute approximate surface area is 122 Å². The van der Waals surface area contributed by atoms with Crippen LogP contribution in [0.4, 0.5) is 0 Å². The van der Waals surface area contributed by atoms with Crippen LogP contribution in [0.3, 0.4) is 0 Å². The third-order valence-electron chi connectivity index (χ3n) is 4.05. The summed E-state index contributed by atoms with van der Waals surface area (Å²) in [6, 6.07) is 8.63. The monoisotopic (exact) mass is 322 g/mol. The molecule has 3 rings (SSSR count). The molecule has 2 fully saturated rings. The lowest BCUT2D eigenvalue weighted by Gasteiger charge is -2.23. The molecule has 1 aliphatic heterocycles. The van der Waals surface area contributed by atoms with Gasteiger partial charge in [-0.2, -0.15) is 0 Å². The van der Waals surface area contributed by atoms with Crippen molar-refractivity contribution in [2.45, 2.75) is 31.2 Å². The molecule has 1 saturated carbocycles. The fourth-order valence-electron chi connectivity index (χ4n) is 2.87. The first-order chi connectivity index (χ1) is 9.24. The van der Waals surface area contributed by atoms with Gasteiger partial charge in [0.25, 0.3) is 0 Å². The summed E-state index contributed by atoms with van der Waals surface area (Å²) in [6.07, 6.45) is 3.25. The molecular formula is C15H19BrN2O. The molecule has 0 spiro atoms. The summed E-state index contributed by atoms with van der Waals surface area (Å²) in [7, 11) is 0. The highest BCUT2D eigenvalue weighted by molar-refractivity contribution is 9.10. The van der Waals surface area contributed by atoms with Crippen molar-refractivity contribution in [2.24, 2.45) is 5.92 Å². The smallest absolute Gasteiger partial charge is 0.224 e. The number of carbonyl (C=O) groups excluding carboxylic acids is 1. The normalized spacial score (nSPS) is 29.8. The molecule has 0 radical (unpaired) electrons. The number of benzene rings is 1. The largest absolute Gasteiger partial charge is 0.352 e. The van der Waals surface area contributed by atoms with Crippen molar-refractivity contribution in [1.29, 1.82) is 0 Å². The molecule has 1 aliphatic carbocycles. The predicted molar refractivity (Wildman–Crippen MR) is 79.0 cm³/mol. The summed E-state index contributed by atoms with van der Waals surface area (Å²) in [5.41, 5.74) is 1.27. The molecule has 0 aromatic heterocycles. The van der Waals surface area contributed by atoms with E-state index in [1.807, 2.05) is 12.1 Å². The van der Waals surface area contributed by atoms with Gasteiger partial charge in [-0.15, -0.1) is 0 Å². The Morgan fingerprint density at radius 2 is 2.32 bits per heavy atom. The van der Waals surface area contributed by atoms with Gasteiger partial charge in [-0.1, -0.05) is 28.1 Å². The number of piperidine rings is 1. The number of rotatable bonds is 3. The van der Waals surface area contributed by atoms with Crippen LogP contribution < -0.4 is 10.6 Å². The van der Waals surface area contributed by atoms with E-state index >= 15 is 0 Å². The van der Waals surface area contributed by atoms with Crippen molar-refractivity contribution in [3.63, 3.8) is 0 Å². The quantitative estimate of drug-likeness (QED) is 0.897. The van der Waals surface area contributed by atoms with Crippen LogP contribution in [0.15, 0.2) is 28.7 Å². The number of amides is 1. The summed E-state index contributed by atoms with van der Waals surface area (Å²) in [4.78, 5) is 12.2. The predicted octanol–water partition coefficient (Wildman–Crippen LogP) is 2.42. The van der Waals surface area contributed by atoms with Gasteiger partial charge in [0.05, 0.1) is 0 Å². The standard InChI is InChI=1S/C15H19BrN2O/c16-11-4-1-3-10(7-11)13-8-14(13)15(19)18-12-5-2-6-17-9-12/h1,3-4,7,12-14,17H,2,5-6,8-9H2,(H,18,19). The molecule has 1 amide bonds. The summed E-state index contributed by atoms with van der Waals surface area (Å²) in [5, 5.41) is 6.51. The van der Waals surface area contributed by atoms with Gasteiger partial charge in [0, 0.05) is 23.0 Å². The number of nitrogens with one attached hydrogen (secondary N) is 2. The Balaban J connectivity index is 1.55. The summed E-state index contributed by atoms with van der Waals surface area (Å²) in [5.74, 6) is 0.823. The van der Waals surface area contributed by atoms with Crippen LogP contribution in [-0.4, -0.2) is 25.0 Å². The Morgan fingerprint density at radius 3 is 3.05 bits per heavy atom. The molecule has 1 aromatic carbocycles. The lowest BCUT2D eigenvalue weighted by Crippen LogP contribution is -2.46. The van der Waals surface area contributed by atoms with Crippen LogP contribution in [0.25, 0.3) is 0 Å². The number of halogens is 1. The zero-order chi connectivity index (χ0) is 13.2. The SMILES string of the molecule is O=C(NC1CCCNC1)C1CC1c1cccc(Br)c1. The van der Waals surface area contributed by atoms with Crippen molar-refractivity contribution >= 4 is 21.8 Å². The van der Waals surface area contributed by atoms with Crippen molar-refractivity contribution in [1.82, 2.24) is 10.6 Å². The van der Waals surface area contributed by atoms with Gasteiger partial charge < -0.3 is 10.6 Å². The minimum Gasteiger partial charge on any atom is -0.352 e. The van der Waals surface area contributed by atoms with E-state index in [-0.39, 0.29) is 11.8 Å². The first kappa shape index (κ1) is 13.1. The highest BCUT2D eigenvalue weighted by atomic mass is 79.9. The van der Waals surface area contributed by atoms with Gasteiger partial charge in [0.1, 0.15) is 0 Å². The highest BCUT2D eigenvalue weighted by Crippen LogP contribution is 2.48. The summed E-state index contributed by atoms with van der Waals surface area (Å²) >= 11 is 3.49. The first-order valence-corrected chi connectivity index (χ1v) is 7.80. The van der Waals surface area contributed by atoms with Crippen LogP contribution in [0.5, 0.6) is 0 Å². The Bertz CT molecular complexity index is 471. The maximum absolute atomic E-state index is 12.2. The molecule has 3 unspecified atom stereocenters. The third kappa shape index (κ3) is 3.18. The topological polar surface area (TPSA) is 41.1 Å². The lowest BCUT2D eigenvalue weighted by atomic mass is 10.1. The van der Waals surface area contributed by atoms with Crippen LogP contribution >= 0.6 is 15.9 Å². The van der Waals surface area contributed by atoms with E-state index in [1.165, 1.54) is 5.56 Å². The third-order valence-corrected chi connectivity index (χ3v) is 4.54. The van der Waals surface area contributed by atoms with E-state index in [9.17, 15) is 4.79 Å². The van der Waals surface area contributed by atoms with E-state index < -0.39 is 0 Å². The van der Waals surface area contributed by atoms with Gasteiger partial charge in [-0.3, -0.25) is 4.79 Å². The van der Waals surface area contributed by atoms with E-state index in [1.54, 1.807) is 0 Å². The molecule has 19 heavy (non-hydrogen) atoms. The van der Waals surface area contributed by atoms with E-state index in [4.69, 9.17) is 0 Å². The average molecular weight is 323 g/mol. The second-order valence-corrected chi connectivity index (χ2v) is 6.47. The number of hydrogen-bond acceptors (Lipinski definition) is 2. The van der Waals surface area contributed by atoms with Gasteiger partial charge in [0.2, 0.25) is 5.91 Å². The number of carbonyl (C=O) groups is 1. The Morgan fingerprint density at radius 1 is 1.42 bits per heavy atom. The number of hydrogen-bond donors (Lipinski definition) is 2. The molecule has 102 valence electrons. The average Bonchev–Trinajstić information content (AvgIpc) is 3.20. The van der Waals surface area contributed by atoms with Crippen LogP contribution in [0.2, 0.25) is 0 Å². The molecule has 3 atom stereocenters. The minimum atomic E-state index is 0.177. The minimum absolute atomic E-state index is 0.177. The van der Waals surface area contributed by atoms with E-state index in [0.717, 1.165) is 36.8 Å². The molecular weight excluding hydrogens is 304 g/mol. The summed E-state index contributed by atoms with van der Waals surface area (Å²) in [6.45, 7) is 2.00. The first-order valence-electron chi connectivity index (χ1n) is 7.00. The Hall–Kier alpha value is -0.870.